The molecule has 61 heavy (non-hydrogen) atoms. The van der Waals surface area contributed by atoms with E-state index >= 15 is 0 Å². The molecular weight excluding hydrogens is 741 g/mol. The van der Waals surface area contributed by atoms with E-state index in [9.17, 15) is 0 Å². The Balaban J connectivity index is 0.935. The zero-order valence-electron chi connectivity index (χ0n) is 33.2. The van der Waals surface area contributed by atoms with E-state index in [1.807, 2.05) is 12.1 Å². The molecule has 3 heteroatoms. The second-order valence-electron chi connectivity index (χ2n) is 15.7. The fourth-order valence-corrected chi connectivity index (χ4v) is 9.36. The third-order valence-corrected chi connectivity index (χ3v) is 12.2. The molecule has 0 radical (unpaired) electrons. The molecule has 12 aromatic rings. The lowest BCUT2D eigenvalue weighted by molar-refractivity contribution is 0.669. The second kappa shape index (κ2) is 14.3. The molecule has 3 nitrogen and oxygen atoms in total. The minimum atomic E-state index is 0.885. The summed E-state index contributed by atoms with van der Waals surface area (Å²) in [5.41, 5.74) is 15.6. The Morgan fingerprint density at radius 3 is 1.62 bits per heavy atom. The van der Waals surface area contributed by atoms with E-state index in [1.165, 1.54) is 55.0 Å². The SMILES string of the molecule is c1ccc(N(c2ccc(-c3ccc(-c4ccccc4-n4c5ccccc5c5ccccc54)cc3)cc2)c2cccc3ccccc23)c(-c2ccc3c(c2)oc2ccccc23)c1. The van der Waals surface area contributed by atoms with Crippen LogP contribution < -0.4 is 4.90 Å². The van der Waals surface area contributed by atoms with Crippen molar-refractivity contribution >= 4 is 71.6 Å². The van der Waals surface area contributed by atoms with E-state index in [2.05, 4.69) is 228 Å². The quantitative estimate of drug-likeness (QED) is 0.161. The van der Waals surface area contributed by atoms with Crippen LogP contribution in [0, 0.1) is 0 Å². The van der Waals surface area contributed by atoms with Crippen molar-refractivity contribution in [3.8, 4) is 39.1 Å². The Kier molecular flexibility index (Phi) is 8.17. The van der Waals surface area contributed by atoms with Crippen LogP contribution in [0.2, 0.25) is 0 Å². The molecule has 0 atom stereocenters. The minimum Gasteiger partial charge on any atom is -0.456 e. The Morgan fingerprint density at radius 2 is 0.852 bits per heavy atom. The van der Waals surface area contributed by atoms with Gasteiger partial charge in [-0.25, -0.2) is 0 Å². The van der Waals surface area contributed by atoms with Crippen LogP contribution in [-0.4, -0.2) is 4.57 Å². The fourth-order valence-electron chi connectivity index (χ4n) is 9.36. The molecule has 0 aliphatic heterocycles. The molecule has 0 fully saturated rings. The van der Waals surface area contributed by atoms with Gasteiger partial charge in [0.15, 0.2) is 0 Å². The summed E-state index contributed by atoms with van der Waals surface area (Å²) in [6.45, 7) is 0. The van der Waals surface area contributed by atoms with Gasteiger partial charge in [0.05, 0.1) is 28.1 Å². The smallest absolute Gasteiger partial charge is 0.136 e. The molecule has 286 valence electrons. The van der Waals surface area contributed by atoms with Gasteiger partial charge in [-0.15, -0.1) is 0 Å². The zero-order chi connectivity index (χ0) is 40.3. The van der Waals surface area contributed by atoms with Gasteiger partial charge in [-0.2, -0.15) is 0 Å². The predicted molar refractivity (Wildman–Crippen MR) is 257 cm³/mol. The number of anilines is 3. The standard InChI is InChI=1S/C58H38N2O/c1-2-16-45-41(14-1)15-13-26-53(45)59(52-22-8-4-18-47(52)43-34-37-51-50-21-7-12-27-57(50)61-58(51)38-43)44-35-32-40(33-36-44)39-28-30-42(31-29-39)46-17-3-9-23-54(46)60-55-24-10-5-19-48(55)49-20-6-11-25-56(49)60/h1-38H. The summed E-state index contributed by atoms with van der Waals surface area (Å²) < 4.78 is 8.77. The number of nitrogens with zero attached hydrogens (tertiary/aromatic N) is 2. The van der Waals surface area contributed by atoms with Crippen molar-refractivity contribution in [3.05, 3.63) is 231 Å². The van der Waals surface area contributed by atoms with Gasteiger partial charge >= 0.3 is 0 Å². The molecule has 0 aliphatic carbocycles. The molecule has 0 saturated heterocycles. The number of benzene rings is 10. The van der Waals surface area contributed by atoms with Gasteiger partial charge in [-0.05, 0) is 88.3 Å². The lowest BCUT2D eigenvalue weighted by Crippen LogP contribution is -2.11. The van der Waals surface area contributed by atoms with Crippen LogP contribution in [0.3, 0.4) is 0 Å². The normalized spacial score (nSPS) is 11.6. The van der Waals surface area contributed by atoms with Crippen LogP contribution >= 0.6 is 0 Å². The predicted octanol–water partition coefficient (Wildman–Crippen LogP) is 16.3. The summed E-state index contributed by atoms with van der Waals surface area (Å²) >= 11 is 0. The van der Waals surface area contributed by atoms with Gasteiger partial charge in [-0.3, -0.25) is 0 Å². The van der Waals surface area contributed by atoms with Crippen LogP contribution in [0.4, 0.5) is 17.1 Å². The maximum atomic E-state index is 6.37. The largest absolute Gasteiger partial charge is 0.456 e. The molecule has 0 spiro atoms. The average Bonchev–Trinajstić information content (AvgIpc) is 3.88. The summed E-state index contributed by atoms with van der Waals surface area (Å²) in [6.07, 6.45) is 0. The Bertz CT molecular complexity index is 3530. The first-order valence-electron chi connectivity index (χ1n) is 20.8. The van der Waals surface area contributed by atoms with Crippen LogP contribution in [0.25, 0.3) is 93.6 Å². The van der Waals surface area contributed by atoms with Crippen molar-refractivity contribution in [3.63, 3.8) is 0 Å². The van der Waals surface area contributed by atoms with Gasteiger partial charge in [0.2, 0.25) is 0 Å². The van der Waals surface area contributed by atoms with Crippen molar-refractivity contribution in [1.82, 2.24) is 4.57 Å². The van der Waals surface area contributed by atoms with E-state index in [0.717, 1.165) is 55.7 Å². The molecule has 0 amide bonds. The highest BCUT2D eigenvalue weighted by atomic mass is 16.3. The van der Waals surface area contributed by atoms with Crippen LogP contribution in [0.15, 0.2) is 235 Å². The van der Waals surface area contributed by atoms with E-state index < -0.39 is 0 Å². The Morgan fingerprint density at radius 1 is 0.328 bits per heavy atom. The Hall–Kier alpha value is -8.14. The number of aromatic nitrogens is 1. The molecule has 0 aliphatic rings. The Labute approximate surface area is 353 Å². The van der Waals surface area contributed by atoms with Crippen molar-refractivity contribution < 1.29 is 4.42 Å². The first-order chi connectivity index (χ1) is 30.3. The second-order valence-corrected chi connectivity index (χ2v) is 15.7. The average molecular weight is 779 g/mol. The highest BCUT2D eigenvalue weighted by Gasteiger charge is 2.21. The van der Waals surface area contributed by atoms with Gasteiger partial charge in [-0.1, -0.05) is 170 Å². The number of furan rings is 1. The van der Waals surface area contributed by atoms with Crippen molar-refractivity contribution in [2.24, 2.45) is 0 Å². The number of hydrogen-bond acceptors (Lipinski definition) is 2. The number of para-hydroxylation sites is 5. The van der Waals surface area contributed by atoms with Crippen molar-refractivity contribution in [2.75, 3.05) is 4.90 Å². The summed E-state index contributed by atoms with van der Waals surface area (Å²) in [4.78, 5) is 2.40. The highest BCUT2D eigenvalue weighted by Crippen LogP contribution is 2.45. The number of hydrogen-bond donors (Lipinski definition) is 0. The maximum Gasteiger partial charge on any atom is 0.136 e. The van der Waals surface area contributed by atoms with Crippen molar-refractivity contribution in [2.45, 2.75) is 0 Å². The lowest BCUT2D eigenvalue weighted by Gasteiger charge is -2.29. The summed E-state index contributed by atoms with van der Waals surface area (Å²) in [5.74, 6) is 0. The molecule has 10 aromatic carbocycles. The molecule has 12 rings (SSSR count). The summed E-state index contributed by atoms with van der Waals surface area (Å²) in [7, 11) is 0. The third kappa shape index (κ3) is 5.82. The van der Waals surface area contributed by atoms with E-state index in [-0.39, 0.29) is 0 Å². The van der Waals surface area contributed by atoms with Gasteiger partial charge in [0.25, 0.3) is 0 Å². The molecule has 2 heterocycles. The van der Waals surface area contributed by atoms with Gasteiger partial charge < -0.3 is 13.9 Å². The third-order valence-electron chi connectivity index (χ3n) is 12.2. The van der Waals surface area contributed by atoms with Crippen LogP contribution in [0.1, 0.15) is 0 Å². The summed E-state index contributed by atoms with van der Waals surface area (Å²) in [6, 6.07) is 82.9. The monoisotopic (exact) mass is 778 g/mol. The van der Waals surface area contributed by atoms with Gasteiger partial charge in [0, 0.05) is 43.7 Å². The maximum absolute atomic E-state index is 6.37. The first-order valence-corrected chi connectivity index (χ1v) is 20.8. The topological polar surface area (TPSA) is 21.3 Å². The van der Waals surface area contributed by atoms with Crippen molar-refractivity contribution in [1.29, 1.82) is 0 Å². The summed E-state index contributed by atoms with van der Waals surface area (Å²) in [5, 5.41) is 7.17. The lowest BCUT2D eigenvalue weighted by atomic mass is 9.98. The van der Waals surface area contributed by atoms with E-state index in [1.54, 1.807) is 0 Å². The number of fused-ring (bicyclic) bond motifs is 7. The molecule has 2 aromatic heterocycles. The van der Waals surface area contributed by atoms with E-state index in [0.29, 0.717) is 0 Å². The fraction of sp³-hybridized carbons (Fsp3) is 0. The van der Waals surface area contributed by atoms with Gasteiger partial charge in [0.1, 0.15) is 11.2 Å². The molecular formula is C58H38N2O. The molecule has 0 saturated carbocycles. The highest BCUT2D eigenvalue weighted by molar-refractivity contribution is 6.10. The number of rotatable bonds is 7. The van der Waals surface area contributed by atoms with Crippen LogP contribution in [0.5, 0.6) is 0 Å². The minimum absolute atomic E-state index is 0.885. The zero-order valence-corrected chi connectivity index (χ0v) is 33.2. The molecule has 0 unspecified atom stereocenters. The van der Waals surface area contributed by atoms with Crippen LogP contribution in [-0.2, 0) is 0 Å². The molecule has 0 bridgehead atoms. The van der Waals surface area contributed by atoms with E-state index in [4.69, 9.17) is 4.42 Å². The first kappa shape index (κ1) is 34.9. The molecule has 0 N–H and O–H groups in total.